The lowest BCUT2D eigenvalue weighted by Gasteiger charge is -2.26. The van der Waals surface area contributed by atoms with Crippen molar-refractivity contribution in [3.63, 3.8) is 0 Å². The van der Waals surface area contributed by atoms with Crippen molar-refractivity contribution in [2.45, 2.75) is 70.6 Å². The highest BCUT2D eigenvalue weighted by molar-refractivity contribution is 4.94. The number of nitrogens with one attached hydrogen (secondary N) is 1. The average Bonchev–Trinajstić information content (AvgIpc) is 2.95. The fourth-order valence-corrected chi connectivity index (χ4v) is 3.14. The van der Waals surface area contributed by atoms with Crippen molar-refractivity contribution in [2.24, 2.45) is 5.92 Å². The topological polar surface area (TPSA) is 51.0 Å². The summed E-state index contributed by atoms with van der Waals surface area (Å²) in [6.07, 6.45) is 11.2. The van der Waals surface area contributed by atoms with Gasteiger partial charge < -0.3 is 9.73 Å². The van der Waals surface area contributed by atoms with Crippen molar-refractivity contribution >= 4 is 0 Å². The van der Waals surface area contributed by atoms with Gasteiger partial charge in [0, 0.05) is 12.3 Å². The Balaban J connectivity index is 1.75. The summed E-state index contributed by atoms with van der Waals surface area (Å²) >= 11 is 0. The first-order valence-corrected chi connectivity index (χ1v) is 8.30. The number of aryl methyl sites for hydroxylation is 1. The fraction of sp³-hybridized carbons (Fsp3) is 0.875. The largest absolute Gasteiger partial charge is 0.425 e. The minimum atomic E-state index is 0.512. The van der Waals surface area contributed by atoms with Crippen LogP contribution in [0, 0.1) is 5.92 Å². The van der Waals surface area contributed by atoms with Gasteiger partial charge in [0.1, 0.15) is 0 Å². The van der Waals surface area contributed by atoms with E-state index < -0.39 is 0 Å². The number of aromatic nitrogens is 2. The normalized spacial score (nSPS) is 23.1. The van der Waals surface area contributed by atoms with Crippen LogP contribution in [0.2, 0.25) is 0 Å². The van der Waals surface area contributed by atoms with Crippen LogP contribution in [-0.4, -0.2) is 23.8 Å². The van der Waals surface area contributed by atoms with Crippen molar-refractivity contribution in [2.75, 3.05) is 13.6 Å². The standard InChI is InChI=1S/C16H29N3O/c1-3-4-6-13-8-10-14(11-9-13)16-19-18-15(20-16)7-5-12-17-2/h13-14,17H,3-12H2,1-2H3. The number of unbranched alkanes of at least 4 members (excludes halogenated alkanes) is 1. The van der Waals surface area contributed by atoms with E-state index in [-0.39, 0.29) is 0 Å². The predicted molar refractivity (Wildman–Crippen MR) is 80.8 cm³/mol. The van der Waals surface area contributed by atoms with E-state index in [0.29, 0.717) is 5.92 Å². The summed E-state index contributed by atoms with van der Waals surface area (Å²) in [5, 5.41) is 11.6. The van der Waals surface area contributed by atoms with Crippen LogP contribution in [0.5, 0.6) is 0 Å². The van der Waals surface area contributed by atoms with Gasteiger partial charge in [-0.2, -0.15) is 0 Å². The first-order valence-electron chi connectivity index (χ1n) is 8.30. The summed E-state index contributed by atoms with van der Waals surface area (Å²) in [4.78, 5) is 0. The van der Waals surface area contributed by atoms with Crippen LogP contribution in [0.3, 0.4) is 0 Å². The first-order chi connectivity index (χ1) is 9.83. The molecule has 1 aliphatic rings. The molecule has 0 radical (unpaired) electrons. The molecule has 0 bridgehead atoms. The van der Waals surface area contributed by atoms with Gasteiger partial charge in [-0.1, -0.05) is 26.2 Å². The molecule has 0 amide bonds. The predicted octanol–water partition coefficient (Wildman–Crippen LogP) is 3.69. The molecule has 0 spiro atoms. The van der Waals surface area contributed by atoms with Crippen LogP contribution >= 0.6 is 0 Å². The summed E-state index contributed by atoms with van der Waals surface area (Å²) in [6.45, 7) is 3.28. The molecule has 1 aliphatic carbocycles. The Morgan fingerprint density at radius 2 is 1.95 bits per heavy atom. The van der Waals surface area contributed by atoms with Crippen molar-refractivity contribution in [1.82, 2.24) is 15.5 Å². The molecule has 114 valence electrons. The van der Waals surface area contributed by atoms with E-state index in [2.05, 4.69) is 22.4 Å². The van der Waals surface area contributed by atoms with E-state index in [1.54, 1.807) is 0 Å². The summed E-state index contributed by atoms with van der Waals surface area (Å²) in [5.74, 6) is 3.14. The van der Waals surface area contributed by atoms with E-state index >= 15 is 0 Å². The molecular weight excluding hydrogens is 250 g/mol. The second-order valence-electron chi connectivity index (χ2n) is 6.10. The van der Waals surface area contributed by atoms with Crippen LogP contribution < -0.4 is 5.32 Å². The molecule has 0 atom stereocenters. The second-order valence-corrected chi connectivity index (χ2v) is 6.10. The first kappa shape index (κ1) is 15.5. The number of nitrogens with zero attached hydrogens (tertiary/aromatic N) is 2. The summed E-state index contributed by atoms with van der Waals surface area (Å²) in [7, 11) is 1.97. The van der Waals surface area contributed by atoms with Gasteiger partial charge in [0.25, 0.3) is 0 Å². The van der Waals surface area contributed by atoms with Gasteiger partial charge in [0.15, 0.2) is 0 Å². The van der Waals surface area contributed by atoms with Crippen molar-refractivity contribution in [3.05, 3.63) is 11.8 Å². The van der Waals surface area contributed by atoms with Crippen molar-refractivity contribution in [1.29, 1.82) is 0 Å². The monoisotopic (exact) mass is 279 g/mol. The van der Waals surface area contributed by atoms with Crippen LogP contribution in [0.25, 0.3) is 0 Å². The van der Waals surface area contributed by atoms with Gasteiger partial charge in [-0.25, -0.2) is 0 Å². The minimum Gasteiger partial charge on any atom is -0.425 e. The Bertz CT molecular complexity index is 370. The van der Waals surface area contributed by atoms with Crippen LogP contribution in [0.4, 0.5) is 0 Å². The number of rotatable bonds is 8. The molecule has 1 N–H and O–H groups in total. The van der Waals surface area contributed by atoms with Gasteiger partial charge in [-0.05, 0) is 51.6 Å². The fourth-order valence-electron chi connectivity index (χ4n) is 3.14. The Labute approximate surface area is 122 Å². The highest BCUT2D eigenvalue weighted by atomic mass is 16.4. The van der Waals surface area contributed by atoms with Crippen LogP contribution in [-0.2, 0) is 6.42 Å². The van der Waals surface area contributed by atoms with Crippen LogP contribution in [0.15, 0.2) is 4.42 Å². The molecule has 0 unspecified atom stereocenters. The molecule has 1 saturated carbocycles. The zero-order chi connectivity index (χ0) is 14.2. The number of hydrogen-bond acceptors (Lipinski definition) is 4. The summed E-state index contributed by atoms with van der Waals surface area (Å²) < 4.78 is 5.84. The van der Waals surface area contributed by atoms with E-state index in [9.17, 15) is 0 Å². The maximum atomic E-state index is 5.84. The van der Waals surface area contributed by atoms with E-state index in [1.807, 2.05) is 7.05 Å². The Morgan fingerprint density at radius 1 is 1.15 bits per heavy atom. The molecule has 1 aromatic rings. The molecule has 4 nitrogen and oxygen atoms in total. The molecule has 20 heavy (non-hydrogen) atoms. The average molecular weight is 279 g/mol. The van der Waals surface area contributed by atoms with Gasteiger partial charge in [0.2, 0.25) is 11.8 Å². The molecule has 0 aromatic carbocycles. The smallest absolute Gasteiger partial charge is 0.219 e. The van der Waals surface area contributed by atoms with E-state index in [4.69, 9.17) is 4.42 Å². The lowest BCUT2D eigenvalue weighted by Crippen LogP contribution is -2.13. The molecule has 1 aromatic heterocycles. The maximum absolute atomic E-state index is 5.84. The second kappa shape index (κ2) is 8.40. The van der Waals surface area contributed by atoms with E-state index in [0.717, 1.165) is 37.1 Å². The molecule has 1 heterocycles. The molecule has 0 saturated heterocycles. The van der Waals surface area contributed by atoms with Gasteiger partial charge in [-0.15, -0.1) is 10.2 Å². The van der Waals surface area contributed by atoms with Crippen molar-refractivity contribution < 1.29 is 4.42 Å². The highest BCUT2D eigenvalue weighted by Gasteiger charge is 2.25. The van der Waals surface area contributed by atoms with Gasteiger partial charge >= 0.3 is 0 Å². The Hall–Kier alpha value is -0.900. The molecule has 0 aliphatic heterocycles. The third kappa shape index (κ3) is 4.58. The molecular formula is C16H29N3O. The quantitative estimate of drug-likeness (QED) is 0.737. The van der Waals surface area contributed by atoms with Crippen molar-refractivity contribution in [3.8, 4) is 0 Å². The zero-order valence-corrected chi connectivity index (χ0v) is 13.0. The lowest BCUT2D eigenvalue weighted by atomic mass is 9.80. The van der Waals surface area contributed by atoms with Gasteiger partial charge in [0.05, 0.1) is 0 Å². The molecule has 4 heteroatoms. The van der Waals surface area contributed by atoms with Crippen LogP contribution in [0.1, 0.15) is 76.0 Å². The maximum Gasteiger partial charge on any atom is 0.219 e. The lowest BCUT2D eigenvalue weighted by molar-refractivity contribution is 0.274. The SMILES string of the molecule is CCCCC1CCC(c2nnc(CCCNC)o2)CC1. The Kier molecular flexibility index (Phi) is 6.51. The number of hydrogen-bond donors (Lipinski definition) is 1. The zero-order valence-electron chi connectivity index (χ0n) is 13.0. The third-order valence-corrected chi connectivity index (χ3v) is 4.46. The summed E-state index contributed by atoms with van der Waals surface area (Å²) in [5.41, 5.74) is 0. The molecule has 1 fully saturated rings. The minimum absolute atomic E-state index is 0.512. The van der Waals surface area contributed by atoms with E-state index in [1.165, 1.54) is 44.9 Å². The summed E-state index contributed by atoms with van der Waals surface area (Å²) in [6, 6.07) is 0. The van der Waals surface area contributed by atoms with Gasteiger partial charge in [-0.3, -0.25) is 0 Å². The molecule has 2 rings (SSSR count). The third-order valence-electron chi connectivity index (χ3n) is 4.46. The Morgan fingerprint density at radius 3 is 2.65 bits per heavy atom. The highest BCUT2D eigenvalue weighted by Crippen LogP contribution is 2.37.